The maximum Gasteiger partial charge on any atom is 0.0594 e. The summed E-state index contributed by atoms with van der Waals surface area (Å²) in [6.45, 7) is 16.1. The van der Waals surface area contributed by atoms with Crippen LogP contribution in [-0.2, 0) is 4.74 Å². The van der Waals surface area contributed by atoms with Crippen LogP contribution in [0.2, 0.25) is 0 Å². The third kappa shape index (κ3) is 4.53. The second-order valence-corrected chi connectivity index (χ2v) is 6.51. The summed E-state index contributed by atoms with van der Waals surface area (Å²) in [4.78, 5) is 2.49. The zero-order chi connectivity index (χ0) is 15.4. The fraction of sp³-hybridized carbons (Fsp3) is 0.667. The quantitative estimate of drug-likeness (QED) is 0.902. The summed E-state index contributed by atoms with van der Waals surface area (Å²) in [5.41, 5.74) is 5.59. The van der Waals surface area contributed by atoms with Crippen molar-refractivity contribution in [2.45, 2.75) is 46.7 Å². The highest BCUT2D eigenvalue weighted by molar-refractivity contribution is 5.39. The normalized spacial score (nSPS) is 19.5. The van der Waals surface area contributed by atoms with Crippen molar-refractivity contribution in [2.75, 3.05) is 32.8 Å². The lowest BCUT2D eigenvalue weighted by molar-refractivity contribution is 0.0339. The maximum atomic E-state index is 5.41. The molecular formula is C18H30N2O. The zero-order valence-electron chi connectivity index (χ0n) is 14.2. The number of ether oxygens (including phenoxy) is 1. The molecule has 1 heterocycles. The first-order valence-corrected chi connectivity index (χ1v) is 8.11. The Labute approximate surface area is 129 Å². The summed E-state index contributed by atoms with van der Waals surface area (Å²) >= 11 is 0. The van der Waals surface area contributed by atoms with E-state index >= 15 is 0 Å². The van der Waals surface area contributed by atoms with Crippen LogP contribution in [0.15, 0.2) is 12.1 Å². The molecule has 0 aromatic heterocycles. The van der Waals surface area contributed by atoms with Crippen LogP contribution in [0.25, 0.3) is 0 Å². The minimum absolute atomic E-state index is 0.390. The topological polar surface area (TPSA) is 24.5 Å². The fourth-order valence-corrected chi connectivity index (χ4v) is 3.61. The second kappa shape index (κ2) is 7.39. The summed E-state index contributed by atoms with van der Waals surface area (Å²) in [6, 6.07) is 5.44. The molecule has 0 aliphatic carbocycles. The number of aryl methyl sites for hydroxylation is 3. The van der Waals surface area contributed by atoms with Crippen LogP contribution in [0.3, 0.4) is 0 Å². The highest BCUT2D eigenvalue weighted by Gasteiger charge is 2.17. The third-order valence-electron chi connectivity index (χ3n) is 4.34. The molecule has 2 unspecified atom stereocenters. The number of nitrogens with one attached hydrogen (secondary N) is 1. The van der Waals surface area contributed by atoms with Gasteiger partial charge in [0.15, 0.2) is 0 Å². The molecule has 1 N–H and O–H groups in total. The largest absolute Gasteiger partial charge is 0.379 e. The molecule has 0 radical (unpaired) electrons. The molecule has 1 aromatic rings. The van der Waals surface area contributed by atoms with E-state index < -0.39 is 0 Å². The predicted octanol–water partition coefficient (Wildman–Crippen LogP) is 2.98. The monoisotopic (exact) mass is 290 g/mol. The summed E-state index contributed by atoms with van der Waals surface area (Å²) in [5.74, 6) is 0. The van der Waals surface area contributed by atoms with Crippen LogP contribution in [0, 0.1) is 20.8 Å². The standard InChI is InChI=1S/C18H30N2O/c1-13-10-14(2)18(15(3)11-13)17(5)19-16(4)12-20-6-8-21-9-7-20/h10-11,16-17,19H,6-9,12H2,1-5H3. The van der Waals surface area contributed by atoms with Gasteiger partial charge in [-0.05, 0) is 51.3 Å². The van der Waals surface area contributed by atoms with Crippen molar-refractivity contribution in [3.63, 3.8) is 0 Å². The van der Waals surface area contributed by atoms with E-state index in [9.17, 15) is 0 Å². The molecule has 0 amide bonds. The van der Waals surface area contributed by atoms with Gasteiger partial charge in [-0.2, -0.15) is 0 Å². The zero-order valence-corrected chi connectivity index (χ0v) is 14.2. The summed E-state index contributed by atoms with van der Waals surface area (Å²) < 4.78 is 5.41. The molecule has 0 spiro atoms. The van der Waals surface area contributed by atoms with Gasteiger partial charge in [-0.15, -0.1) is 0 Å². The molecule has 0 saturated carbocycles. The Kier molecular flexibility index (Phi) is 5.80. The van der Waals surface area contributed by atoms with Crippen molar-refractivity contribution in [1.82, 2.24) is 10.2 Å². The van der Waals surface area contributed by atoms with Gasteiger partial charge in [0.2, 0.25) is 0 Å². The predicted molar refractivity (Wildman–Crippen MR) is 88.9 cm³/mol. The van der Waals surface area contributed by atoms with Gasteiger partial charge in [-0.25, -0.2) is 0 Å². The van der Waals surface area contributed by atoms with E-state index in [4.69, 9.17) is 4.74 Å². The van der Waals surface area contributed by atoms with E-state index in [1.807, 2.05) is 0 Å². The molecule has 2 atom stereocenters. The Hall–Kier alpha value is -0.900. The van der Waals surface area contributed by atoms with Gasteiger partial charge in [-0.3, -0.25) is 4.90 Å². The van der Waals surface area contributed by atoms with Gasteiger partial charge >= 0.3 is 0 Å². The van der Waals surface area contributed by atoms with E-state index in [-0.39, 0.29) is 0 Å². The van der Waals surface area contributed by atoms with Crippen molar-refractivity contribution in [1.29, 1.82) is 0 Å². The Balaban J connectivity index is 1.95. The third-order valence-corrected chi connectivity index (χ3v) is 4.34. The average Bonchev–Trinajstić information content (AvgIpc) is 2.38. The second-order valence-electron chi connectivity index (χ2n) is 6.51. The van der Waals surface area contributed by atoms with Gasteiger partial charge in [-0.1, -0.05) is 17.7 Å². The molecular weight excluding hydrogens is 260 g/mol. The van der Waals surface area contributed by atoms with Gasteiger partial charge in [0.05, 0.1) is 13.2 Å². The Morgan fingerprint density at radius 2 is 1.67 bits per heavy atom. The smallest absolute Gasteiger partial charge is 0.0594 e. The van der Waals surface area contributed by atoms with E-state index in [1.54, 1.807) is 0 Å². The van der Waals surface area contributed by atoms with Crippen molar-refractivity contribution in [3.8, 4) is 0 Å². The van der Waals surface area contributed by atoms with Gasteiger partial charge in [0.25, 0.3) is 0 Å². The van der Waals surface area contributed by atoms with Crippen LogP contribution in [0.1, 0.15) is 42.1 Å². The van der Waals surface area contributed by atoms with Crippen molar-refractivity contribution < 1.29 is 4.74 Å². The first-order chi connectivity index (χ1) is 9.97. The van der Waals surface area contributed by atoms with Crippen LogP contribution in [0.4, 0.5) is 0 Å². The molecule has 3 nitrogen and oxygen atoms in total. The van der Waals surface area contributed by atoms with Gasteiger partial charge in [0, 0.05) is 31.7 Å². The SMILES string of the molecule is Cc1cc(C)c(C(C)NC(C)CN2CCOCC2)c(C)c1. The number of morpholine rings is 1. The number of benzene rings is 1. The van der Waals surface area contributed by atoms with Crippen LogP contribution in [0.5, 0.6) is 0 Å². The molecule has 2 rings (SSSR count). The van der Waals surface area contributed by atoms with Crippen molar-refractivity contribution in [2.24, 2.45) is 0 Å². The minimum atomic E-state index is 0.390. The molecule has 118 valence electrons. The van der Waals surface area contributed by atoms with E-state index in [0.29, 0.717) is 12.1 Å². The summed E-state index contributed by atoms with van der Waals surface area (Å²) in [7, 11) is 0. The van der Waals surface area contributed by atoms with Crippen LogP contribution >= 0.6 is 0 Å². The molecule has 21 heavy (non-hydrogen) atoms. The number of hydrogen-bond donors (Lipinski definition) is 1. The number of nitrogens with zero attached hydrogens (tertiary/aromatic N) is 1. The van der Waals surface area contributed by atoms with Crippen LogP contribution in [-0.4, -0.2) is 43.8 Å². The van der Waals surface area contributed by atoms with Crippen LogP contribution < -0.4 is 5.32 Å². The van der Waals surface area contributed by atoms with E-state index in [2.05, 4.69) is 57.0 Å². The maximum absolute atomic E-state index is 5.41. The molecule has 1 aliphatic rings. The number of rotatable bonds is 5. The fourth-order valence-electron chi connectivity index (χ4n) is 3.61. The highest BCUT2D eigenvalue weighted by atomic mass is 16.5. The molecule has 1 saturated heterocycles. The number of hydrogen-bond acceptors (Lipinski definition) is 3. The van der Waals surface area contributed by atoms with Gasteiger partial charge < -0.3 is 10.1 Å². The lowest BCUT2D eigenvalue weighted by atomic mass is 9.94. The first-order valence-electron chi connectivity index (χ1n) is 8.11. The van der Waals surface area contributed by atoms with Crippen molar-refractivity contribution >= 4 is 0 Å². The summed E-state index contributed by atoms with van der Waals surface area (Å²) in [5, 5.41) is 3.76. The van der Waals surface area contributed by atoms with Crippen molar-refractivity contribution in [3.05, 3.63) is 34.4 Å². The Morgan fingerprint density at radius 1 is 1.10 bits per heavy atom. The van der Waals surface area contributed by atoms with Gasteiger partial charge in [0.1, 0.15) is 0 Å². The minimum Gasteiger partial charge on any atom is -0.379 e. The van der Waals surface area contributed by atoms with E-state index in [1.165, 1.54) is 22.3 Å². The molecule has 1 aromatic carbocycles. The average molecular weight is 290 g/mol. The Morgan fingerprint density at radius 3 is 2.24 bits per heavy atom. The molecule has 3 heteroatoms. The highest BCUT2D eigenvalue weighted by Crippen LogP contribution is 2.23. The molecule has 0 bridgehead atoms. The Bertz CT molecular complexity index is 443. The first kappa shape index (κ1) is 16.5. The molecule has 1 fully saturated rings. The lowest BCUT2D eigenvalue weighted by Crippen LogP contribution is -2.45. The summed E-state index contributed by atoms with van der Waals surface area (Å²) in [6.07, 6.45) is 0. The lowest BCUT2D eigenvalue weighted by Gasteiger charge is -2.31. The van der Waals surface area contributed by atoms with E-state index in [0.717, 1.165) is 32.8 Å². The molecule has 1 aliphatic heterocycles.